The van der Waals surface area contributed by atoms with Crippen LogP contribution in [0.25, 0.3) is 0 Å². The van der Waals surface area contributed by atoms with Crippen LogP contribution in [0.1, 0.15) is 46.5 Å². The van der Waals surface area contributed by atoms with Gasteiger partial charge in [0, 0.05) is 25.6 Å². The van der Waals surface area contributed by atoms with Crippen molar-refractivity contribution in [3.05, 3.63) is 0 Å². The molecule has 1 unspecified atom stereocenters. The Hall–Kier alpha value is -1.10. The first-order chi connectivity index (χ1) is 8.83. The summed E-state index contributed by atoms with van der Waals surface area (Å²) in [5.74, 6) is -0.0837. The van der Waals surface area contributed by atoms with Gasteiger partial charge in [-0.3, -0.25) is 9.59 Å². The number of hydrogen-bond donors (Lipinski definition) is 2. The number of piperidine rings is 1. The Bertz CT molecular complexity index is 323. The lowest BCUT2D eigenvalue weighted by Crippen LogP contribution is -2.50. The highest BCUT2D eigenvalue weighted by molar-refractivity contribution is 5.85. The van der Waals surface area contributed by atoms with E-state index in [0.29, 0.717) is 13.0 Å². The second-order valence-electron chi connectivity index (χ2n) is 6.49. The number of nitrogens with one attached hydrogen (secondary N) is 1. The van der Waals surface area contributed by atoms with E-state index >= 15 is 0 Å². The van der Waals surface area contributed by atoms with Crippen LogP contribution in [-0.2, 0) is 9.59 Å². The van der Waals surface area contributed by atoms with Crippen molar-refractivity contribution in [3.63, 3.8) is 0 Å². The van der Waals surface area contributed by atoms with Crippen LogP contribution < -0.4 is 11.1 Å². The van der Waals surface area contributed by atoms with E-state index in [1.54, 1.807) is 0 Å². The van der Waals surface area contributed by atoms with Crippen molar-refractivity contribution in [2.24, 2.45) is 11.1 Å². The van der Waals surface area contributed by atoms with E-state index in [1.165, 1.54) is 0 Å². The molecule has 1 rings (SSSR count). The van der Waals surface area contributed by atoms with Gasteiger partial charge in [0.1, 0.15) is 0 Å². The molecule has 0 spiro atoms. The lowest BCUT2D eigenvalue weighted by atomic mass is 9.92. The molecular formula is C14H27N3O2. The minimum atomic E-state index is -0.0674. The van der Waals surface area contributed by atoms with Crippen LogP contribution in [0.3, 0.4) is 0 Å². The topological polar surface area (TPSA) is 75.4 Å². The second-order valence-corrected chi connectivity index (χ2v) is 6.49. The summed E-state index contributed by atoms with van der Waals surface area (Å²) in [7, 11) is 0. The van der Waals surface area contributed by atoms with Crippen molar-refractivity contribution >= 4 is 11.8 Å². The van der Waals surface area contributed by atoms with E-state index in [4.69, 9.17) is 5.73 Å². The van der Waals surface area contributed by atoms with Gasteiger partial charge in [-0.2, -0.15) is 0 Å². The molecule has 2 amide bonds. The van der Waals surface area contributed by atoms with Crippen molar-refractivity contribution in [2.45, 2.75) is 52.5 Å². The fraction of sp³-hybridized carbons (Fsp3) is 0.857. The van der Waals surface area contributed by atoms with Crippen LogP contribution >= 0.6 is 0 Å². The Labute approximate surface area is 115 Å². The Morgan fingerprint density at radius 1 is 1.32 bits per heavy atom. The summed E-state index contributed by atoms with van der Waals surface area (Å²) in [5, 5.41) is 2.71. The molecule has 1 heterocycles. The van der Waals surface area contributed by atoms with Gasteiger partial charge < -0.3 is 16.0 Å². The van der Waals surface area contributed by atoms with Crippen molar-refractivity contribution in [1.29, 1.82) is 0 Å². The third-order valence-corrected chi connectivity index (χ3v) is 3.35. The van der Waals surface area contributed by atoms with Crippen molar-refractivity contribution in [3.8, 4) is 0 Å². The molecular weight excluding hydrogens is 242 g/mol. The number of nitrogens with two attached hydrogens (primary N) is 1. The average molecular weight is 269 g/mol. The number of carbonyl (C=O) groups excluding carboxylic acids is 2. The Morgan fingerprint density at radius 2 is 2.00 bits per heavy atom. The number of nitrogens with zero attached hydrogens (tertiary/aromatic N) is 1. The highest BCUT2D eigenvalue weighted by atomic mass is 16.2. The molecule has 5 nitrogen and oxygen atoms in total. The van der Waals surface area contributed by atoms with Gasteiger partial charge in [-0.1, -0.05) is 20.8 Å². The minimum absolute atomic E-state index is 0.0163. The largest absolute Gasteiger partial charge is 0.347 e. The van der Waals surface area contributed by atoms with Gasteiger partial charge in [0.2, 0.25) is 11.8 Å². The molecule has 110 valence electrons. The predicted molar refractivity (Wildman–Crippen MR) is 75.5 cm³/mol. The van der Waals surface area contributed by atoms with Crippen LogP contribution in [0.15, 0.2) is 0 Å². The molecule has 0 aromatic carbocycles. The van der Waals surface area contributed by atoms with Crippen LogP contribution in [-0.4, -0.2) is 42.4 Å². The maximum Gasteiger partial charge on any atom is 0.242 e. The van der Waals surface area contributed by atoms with Gasteiger partial charge in [0.25, 0.3) is 0 Å². The maximum absolute atomic E-state index is 12.1. The summed E-state index contributed by atoms with van der Waals surface area (Å²) >= 11 is 0. The van der Waals surface area contributed by atoms with Crippen molar-refractivity contribution < 1.29 is 9.59 Å². The molecule has 1 aliphatic rings. The molecule has 19 heavy (non-hydrogen) atoms. The number of amides is 2. The first-order valence-electron chi connectivity index (χ1n) is 7.10. The number of carbonyl (C=O) groups is 2. The molecule has 0 saturated carbocycles. The third kappa shape index (κ3) is 5.59. The highest BCUT2D eigenvalue weighted by Gasteiger charge is 2.25. The number of likely N-dealkylation sites (tertiary alicyclic amines) is 1. The molecule has 1 fully saturated rings. The Kier molecular flexibility index (Phi) is 5.79. The zero-order valence-corrected chi connectivity index (χ0v) is 12.4. The minimum Gasteiger partial charge on any atom is -0.347 e. The molecule has 0 aromatic rings. The normalized spacial score (nSPS) is 20.2. The number of rotatable bonds is 4. The average Bonchev–Trinajstić information content (AvgIpc) is 2.33. The van der Waals surface area contributed by atoms with Gasteiger partial charge >= 0.3 is 0 Å². The lowest BCUT2D eigenvalue weighted by Gasteiger charge is -2.35. The monoisotopic (exact) mass is 269 g/mol. The molecule has 5 heteroatoms. The lowest BCUT2D eigenvalue weighted by molar-refractivity contribution is -0.136. The quantitative estimate of drug-likeness (QED) is 0.795. The Balaban J connectivity index is 2.39. The molecule has 0 aromatic heterocycles. The summed E-state index contributed by atoms with van der Waals surface area (Å²) < 4.78 is 0. The van der Waals surface area contributed by atoms with Crippen LogP contribution in [0, 0.1) is 5.41 Å². The van der Waals surface area contributed by atoms with Gasteiger partial charge in [-0.15, -0.1) is 0 Å². The molecule has 0 bridgehead atoms. The zero-order chi connectivity index (χ0) is 14.5. The van der Waals surface area contributed by atoms with E-state index in [9.17, 15) is 9.59 Å². The summed E-state index contributed by atoms with van der Waals surface area (Å²) in [6, 6.07) is 0.140. The van der Waals surface area contributed by atoms with Crippen molar-refractivity contribution in [1.82, 2.24) is 10.2 Å². The molecule has 3 N–H and O–H groups in total. The number of hydrogen-bond acceptors (Lipinski definition) is 3. The third-order valence-electron chi connectivity index (χ3n) is 3.35. The molecule has 0 aliphatic carbocycles. The van der Waals surface area contributed by atoms with Crippen LogP contribution in [0.5, 0.6) is 0 Å². The zero-order valence-electron chi connectivity index (χ0n) is 12.4. The predicted octanol–water partition coefficient (Wildman–Crippen LogP) is 0.879. The SMILES string of the molecule is CC(C)(C)CC(=O)NCC(=O)N1CCCCC1CN. The van der Waals surface area contributed by atoms with Gasteiger partial charge in [0.05, 0.1) is 6.54 Å². The Morgan fingerprint density at radius 3 is 2.58 bits per heavy atom. The van der Waals surface area contributed by atoms with Crippen LogP contribution in [0.2, 0.25) is 0 Å². The maximum atomic E-state index is 12.1. The van der Waals surface area contributed by atoms with E-state index in [-0.39, 0.29) is 29.8 Å². The summed E-state index contributed by atoms with van der Waals surface area (Å²) in [6.45, 7) is 7.36. The molecule has 0 radical (unpaired) electrons. The van der Waals surface area contributed by atoms with E-state index in [0.717, 1.165) is 25.8 Å². The summed E-state index contributed by atoms with van der Waals surface area (Å²) in [5.41, 5.74) is 5.63. The van der Waals surface area contributed by atoms with E-state index < -0.39 is 0 Å². The first kappa shape index (κ1) is 16.0. The summed E-state index contributed by atoms with van der Waals surface area (Å²) in [6.07, 6.45) is 3.55. The van der Waals surface area contributed by atoms with Gasteiger partial charge in [-0.25, -0.2) is 0 Å². The molecule has 1 aliphatic heterocycles. The van der Waals surface area contributed by atoms with Gasteiger partial charge in [0.15, 0.2) is 0 Å². The highest BCUT2D eigenvalue weighted by Crippen LogP contribution is 2.18. The smallest absolute Gasteiger partial charge is 0.242 e. The van der Waals surface area contributed by atoms with Crippen molar-refractivity contribution in [2.75, 3.05) is 19.6 Å². The van der Waals surface area contributed by atoms with E-state index in [2.05, 4.69) is 5.32 Å². The second kappa shape index (κ2) is 6.89. The fourth-order valence-electron chi connectivity index (χ4n) is 2.39. The van der Waals surface area contributed by atoms with E-state index in [1.807, 2.05) is 25.7 Å². The fourth-order valence-corrected chi connectivity index (χ4v) is 2.39. The van der Waals surface area contributed by atoms with Crippen LogP contribution in [0.4, 0.5) is 0 Å². The standard InChI is InChI=1S/C14H27N3O2/c1-14(2,3)8-12(18)16-10-13(19)17-7-5-4-6-11(17)9-15/h11H,4-10,15H2,1-3H3,(H,16,18). The first-order valence-corrected chi connectivity index (χ1v) is 7.10. The molecule has 1 atom stereocenters. The molecule has 1 saturated heterocycles. The van der Waals surface area contributed by atoms with Gasteiger partial charge in [-0.05, 0) is 24.7 Å². The summed E-state index contributed by atoms with van der Waals surface area (Å²) in [4.78, 5) is 25.6.